The first-order valence-electron chi connectivity index (χ1n) is 5.48. The summed E-state index contributed by atoms with van der Waals surface area (Å²) in [4.78, 5) is 16.3. The van der Waals surface area contributed by atoms with Gasteiger partial charge in [0.05, 0.1) is 11.7 Å². The maximum atomic E-state index is 11.7. The van der Waals surface area contributed by atoms with Crippen LogP contribution in [-0.4, -0.2) is 23.3 Å². The van der Waals surface area contributed by atoms with Gasteiger partial charge in [-0.15, -0.1) is 22.9 Å². The fraction of sp³-hybridized carbons (Fsp3) is 0.636. The molecule has 16 heavy (non-hydrogen) atoms. The molecular formula is C11H15ClN2OS. The quantitative estimate of drug-likeness (QED) is 0.844. The molecule has 1 saturated carbocycles. The van der Waals surface area contributed by atoms with Gasteiger partial charge in [0.15, 0.2) is 0 Å². The number of carbonyl (C=O) groups is 1. The highest BCUT2D eigenvalue weighted by molar-refractivity contribution is 7.11. The summed E-state index contributed by atoms with van der Waals surface area (Å²) in [5.41, 5.74) is 1.80. The van der Waals surface area contributed by atoms with Crippen LogP contribution in [0.2, 0.25) is 0 Å². The minimum absolute atomic E-state index is 0.0288. The van der Waals surface area contributed by atoms with E-state index in [2.05, 4.69) is 10.3 Å². The lowest BCUT2D eigenvalue weighted by molar-refractivity contribution is 0.0939. The monoisotopic (exact) mass is 258 g/mol. The number of nitrogens with zero attached hydrogens (tertiary/aromatic N) is 1. The van der Waals surface area contributed by atoms with E-state index in [1.54, 1.807) is 11.7 Å². The van der Waals surface area contributed by atoms with Crippen LogP contribution in [0, 0.1) is 5.41 Å². The standard InChI is InChI=1S/C11H15ClN2OS/c12-6-11(3-1-2-4-11)7-14-10(15)9-5-13-8-16-9/h5,8H,1-4,6-7H2,(H,14,15). The minimum Gasteiger partial charge on any atom is -0.351 e. The molecule has 0 saturated heterocycles. The summed E-state index contributed by atoms with van der Waals surface area (Å²) in [5, 5.41) is 2.97. The van der Waals surface area contributed by atoms with Gasteiger partial charge < -0.3 is 5.32 Å². The summed E-state index contributed by atoms with van der Waals surface area (Å²) >= 11 is 7.38. The smallest absolute Gasteiger partial charge is 0.263 e. The van der Waals surface area contributed by atoms with Crippen molar-refractivity contribution in [2.45, 2.75) is 25.7 Å². The van der Waals surface area contributed by atoms with E-state index in [4.69, 9.17) is 11.6 Å². The van der Waals surface area contributed by atoms with Crippen LogP contribution in [-0.2, 0) is 0 Å². The van der Waals surface area contributed by atoms with E-state index in [0.717, 1.165) is 12.8 Å². The Morgan fingerprint density at radius 3 is 2.88 bits per heavy atom. The van der Waals surface area contributed by atoms with E-state index in [1.165, 1.54) is 24.2 Å². The van der Waals surface area contributed by atoms with Crippen molar-refractivity contribution in [1.82, 2.24) is 10.3 Å². The summed E-state index contributed by atoms with van der Waals surface area (Å²) < 4.78 is 0. The molecule has 88 valence electrons. The Balaban J connectivity index is 1.89. The van der Waals surface area contributed by atoms with Crippen molar-refractivity contribution in [2.75, 3.05) is 12.4 Å². The number of carbonyl (C=O) groups excluding carboxylic acids is 1. The van der Waals surface area contributed by atoms with Gasteiger partial charge in [-0.05, 0) is 12.8 Å². The largest absolute Gasteiger partial charge is 0.351 e. The van der Waals surface area contributed by atoms with E-state index in [1.807, 2.05) is 0 Å². The van der Waals surface area contributed by atoms with Crippen molar-refractivity contribution in [3.05, 3.63) is 16.6 Å². The normalized spacial score (nSPS) is 18.6. The molecule has 1 amide bonds. The molecule has 3 nitrogen and oxygen atoms in total. The molecule has 0 unspecified atom stereocenters. The number of rotatable bonds is 4. The Labute approximate surface area is 104 Å². The SMILES string of the molecule is O=C(NCC1(CCl)CCCC1)c1cncs1. The summed E-state index contributed by atoms with van der Waals surface area (Å²) in [7, 11) is 0. The van der Waals surface area contributed by atoms with Crippen LogP contribution in [0.15, 0.2) is 11.7 Å². The molecule has 1 N–H and O–H groups in total. The third-order valence-electron chi connectivity index (χ3n) is 3.23. The maximum absolute atomic E-state index is 11.7. The number of alkyl halides is 1. The van der Waals surface area contributed by atoms with Crippen molar-refractivity contribution in [3.63, 3.8) is 0 Å². The lowest BCUT2D eigenvalue weighted by Crippen LogP contribution is -2.36. The van der Waals surface area contributed by atoms with Gasteiger partial charge in [0.25, 0.3) is 5.91 Å². The number of aromatic nitrogens is 1. The zero-order valence-electron chi connectivity index (χ0n) is 9.04. The van der Waals surface area contributed by atoms with Crippen molar-refractivity contribution >= 4 is 28.8 Å². The molecule has 0 spiro atoms. The minimum atomic E-state index is -0.0288. The molecule has 0 atom stereocenters. The second kappa shape index (κ2) is 5.15. The number of thiazole rings is 1. The Hall–Kier alpha value is -0.610. The fourth-order valence-electron chi connectivity index (χ4n) is 2.17. The Bertz CT molecular complexity index is 347. The average Bonchev–Trinajstić information content (AvgIpc) is 2.98. The molecule has 1 fully saturated rings. The van der Waals surface area contributed by atoms with Gasteiger partial charge in [0.1, 0.15) is 4.88 Å². The summed E-state index contributed by atoms with van der Waals surface area (Å²) in [6, 6.07) is 0. The molecule has 1 aliphatic carbocycles. The lowest BCUT2D eigenvalue weighted by atomic mass is 9.88. The summed E-state index contributed by atoms with van der Waals surface area (Å²) in [6.07, 6.45) is 6.30. The topological polar surface area (TPSA) is 42.0 Å². The summed E-state index contributed by atoms with van der Waals surface area (Å²) in [6.45, 7) is 0.688. The Morgan fingerprint density at radius 1 is 1.56 bits per heavy atom. The van der Waals surface area contributed by atoms with E-state index in [9.17, 15) is 4.79 Å². The first-order chi connectivity index (χ1) is 7.76. The van der Waals surface area contributed by atoms with Gasteiger partial charge in [0.2, 0.25) is 0 Å². The van der Waals surface area contributed by atoms with E-state index in [-0.39, 0.29) is 11.3 Å². The second-order valence-electron chi connectivity index (χ2n) is 4.39. The number of nitrogens with one attached hydrogen (secondary N) is 1. The van der Waals surface area contributed by atoms with Gasteiger partial charge in [-0.3, -0.25) is 9.78 Å². The Morgan fingerprint density at radius 2 is 2.31 bits per heavy atom. The number of amides is 1. The molecular weight excluding hydrogens is 244 g/mol. The number of hydrogen-bond acceptors (Lipinski definition) is 3. The predicted octanol–water partition coefficient (Wildman–Crippen LogP) is 2.67. The molecule has 1 aromatic rings. The third kappa shape index (κ3) is 2.55. The summed E-state index contributed by atoms with van der Waals surface area (Å²) in [5.74, 6) is 0.606. The van der Waals surface area contributed by atoms with E-state index < -0.39 is 0 Å². The molecule has 0 aliphatic heterocycles. The molecule has 0 radical (unpaired) electrons. The van der Waals surface area contributed by atoms with E-state index in [0.29, 0.717) is 17.3 Å². The maximum Gasteiger partial charge on any atom is 0.263 e. The van der Waals surface area contributed by atoms with Crippen LogP contribution < -0.4 is 5.32 Å². The van der Waals surface area contributed by atoms with Crippen LogP contribution in [0.3, 0.4) is 0 Å². The molecule has 1 heterocycles. The molecule has 0 aromatic carbocycles. The van der Waals surface area contributed by atoms with Gasteiger partial charge in [-0.25, -0.2) is 0 Å². The molecule has 1 aliphatic rings. The zero-order valence-corrected chi connectivity index (χ0v) is 10.6. The third-order valence-corrected chi connectivity index (χ3v) is 4.57. The highest BCUT2D eigenvalue weighted by Crippen LogP contribution is 2.38. The predicted molar refractivity (Wildman–Crippen MR) is 66.1 cm³/mol. The number of halogens is 1. The fourth-order valence-corrected chi connectivity index (χ4v) is 3.06. The van der Waals surface area contributed by atoms with Crippen LogP contribution in [0.5, 0.6) is 0 Å². The molecule has 1 aromatic heterocycles. The highest BCUT2D eigenvalue weighted by atomic mass is 35.5. The molecule has 2 rings (SSSR count). The highest BCUT2D eigenvalue weighted by Gasteiger charge is 2.33. The van der Waals surface area contributed by atoms with Crippen LogP contribution in [0.25, 0.3) is 0 Å². The second-order valence-corrected chi connectivity index (χ2v) is 5.54. The van der Waals surface area contributed by atoms with Crippen LogP contribution >= 0.6 is 22.9 Å². The van der Waals surface area contributed by atoms with Gasteiger partial charge in [-0.2, -0.15) is 0 Å². The van der Waals surface area contributed by atoms with Crippen molar-refractivity contribution in [2.24, 2.45) is 5.41 Å². The average molecular weight is 259 g/mol. The zero-order chi connectivity index (χ0) is 11.4. The van der Waals surface area contributed by atoms with E-state index >= 15 is 0 Å². The van der Waals surface area contributed by atoms with Gasteiger partial charge in [-0.1, -0.05) is 12.8 Å². The first-order valence-corrected chi connectivity index (χ1v) is 6.90. The van der Waals surface area contributed by atoms with Gasteiger partial charge >= 0.3 is 0 Å². The Kier molecular flexibility index (Phi) is 3.82. The number of hydrogen-bond donors (Lipinski definition) is 1. The first kappa shape index (κ1) is 11.9. The van der Waals surface area contributed by atoms with Crippen LogP contribution in [0.4, 0.5) is 0 Å². The van der Waals surface area contributed by atoms with Crippen molar-refractivity contribution < 1.29 is 4.79 Å². The molecule has 5 heteroatoms. The van der Waals surface area contributed by atoms with Crippen molar-refractivity contribution in [3.8, 4) is 0 Å². The van der Waals surface area contributed by atoms with Crippen LogP contribution in [0.1, 0.15) is 35.4 Å². The van der Waals surface area contributed by atoms with Gasteiger partial charge in [0, 0.05) is 17.8 Å². The van der Waals surface area contributed by atoms with Crippen molar-refractivity contribution in [1.29, 1.82) is 0 Å². The molecule has 0 bridgehead atoms. The lowest BCUT2D eigenvalue weighted by Gasteiger charge is -2.26.